The monoisotopic (exact) mass is 471 g/mol. The number of rotatable bonds is 6. The number of nitrogens with one attached hydrogen (secondary N) is 2. The molecule has 3 saturated heterocycles. The molecule has 176 valence electrons. The highest BCUT2D eigenvalue weighted by molar-refractivity contribution is 6.33. The molecule has 2 aromatic rings. The van der Waals surface area contributed by atoms with E-state index in [2.05, 4.69) is 27.1 Å². The number of hydrogen-bond acceptors (Lipinski definition) is 7. The SMILES string of the molecule is CN1CCC(n2cc(Nc3cc(N4CCN(C5(C)COC5)CC4)c(Cl)cc3C=N)cn2)C1=O. The highest BCUT2D eigenvalue weighted by atomic mass is 35.5. The standard InChI is InChI=1S/C23H30ClN7O2/c1-23(14-33-15-23)30-7-5-29(6-8-30)21-10-19(16(11-25)9-18(21)24)27-17-12-26-31(13-17)20-3-4-28(2)22(20)32/h9-13,20,25,27H,3-8,14-15H2,1-2H3. The number of carbonyl (C=O) groups is 1. The minimum atomic E-state index is -0.257. The van der Waals surface area contributed by atoms with Crippen molar-refractivity contribution in [3.63, 3.8) is 0 Å². The quantitative estimate of drug-likeness (QED) is 0.629. The number of nitrogens with zero attached hydrogens (tertiary/aromatic N) is 5. The van der Waals surface area contributed by atoms with Crippen LogP contribution >= 0.6 is 11.6 Å². The van der Waals surface area contributed by atoms with Crippen molar-refractivity contribution in [1.82, 2.24) is 19.6 Å². The molecule has 0 spiro atoms. The molecule has 2 N–H and O–H groups in total. The van der Waals surface area contributed by atoms with E-state index >= 15 is 0 Å². The predicted octanol–water partition coefficient (Wildman–Crippen LogP) is 2.59. The Bertz CT molecular complexity index is 1060. The highest BCUT2D eigenvalue weighted by Crippen LogP contribution is 2.35. The Labute approximate surface area is 198 Å². The second-order valence-corrected chi connectivity index (χ2v) is 9.80. The summed E-state index contributed by atoms with van der Waals surface area (Å²) in [6.07, 6.45) is 5.62. The Morgan fingerprint density at radius 1 is 1.24 bits per heavy atom. The maximum Gasteiger partial charge on any atom is 0.247 e. The average molecular weight is 472 g/mol. The minimum absolute atomic E-state index is 0.0834. The zero-order chi connectivity index (χ0) is 23.2. The number of amides is 1. The molecule has 1 amide bonds. The maximum absolute atomic E-state index is 12.3. The summed E-state index contributed by atoms with van der Waals surface area (Å²) in [7, 11) is 1.82. The second-order valence-electron chi connectivity index (χ2n) is 9.40. The summed E-state index contributed by atoms with van der Waals surface area (Å²) in [5, 5.41) is 16.3. The van der Waals surface area contributed by atoms with Gasteiger partial charge in [0.15, 0.2) is 0 Å². The lowest BCUT2D eigenvalue weighted by Crippen LogP contribution is -2.64. The van der Waals surface area contributed by atoms with Crippen LogP contribution in [0.25, 0.3) is 0 Å². The molecule has 0 radical (unpaired) electrons. The Balaban J connectivity index is 1.33. The molecule has 0 saturated carbocycles. The van der Waals surface area contributed by atoms with E-state index in [1.165, 1.54) is 6.21 Å². The number of piperazine rings is 1. The fourth-order valence-corrected chi connectivity index (χ4v) is 5.18. The van der Waals surface area contributed by atoms with Crippen molar-refractivity contribution in [2.45, 2.75) is 24.9 Å². The molecule has 0 bridgehead atoms. The molecule has 1 atom stereocenters. The van der Waals surface area contributed by atoms with Crippen LogP contribution < -0.4 is 10.2 Å². The van der Waals surface area contributed by atoms with Crippen molar-refractivity contribution >= 4 is 40.8 Å². The van der Waals surface area contributed by atoms with Crippen LogP contribution in [0.3, 0.4) is 0 Å². The summed E-state index contributed by atoms with van der Waals surface area (Å²) in [6.45, 7) is 8.28. The first kappa shape index (κ1) is 22.2. The van der Waals surface area contributed by atoms with Crippen molar-refractivity contribution in [3.8, 4) is 0 Å². The van der Waals surface area contributed by atoms with Gasteiger partial charge in [-0.3, -0.25) is 14.4 Å². The van der Waals surface area contributed by atoms with Gasteiger partial charge in [0.1, 0.15) is 6.04 Å². The van der Waals surface area contributed by atoms with Gasteiger partial charge in [0.05, 0.1) is 41.3 Å². The molecule has 33 heavy (non-hydrogen) atoms. The first-order valence-electron chi connectivity index (χ1n) is 11.4. The summed E-state index contributed by atoms with van der Waals surface area (Å²) >= 11 is 6.64. The van der Waals surface area contributed by atoms with E-state index in [0.29, 0.717) is 10.6 Å². The zero-order valence-electron chi connectivity index (χ0n) is 19.1. The van der Waals surface area contributed by atoms with Crippen LogP contribution in [-0.4, -0.2) is 90.2 Å². The van der Waals surface area contributed by atoms with Gasteiger partial charge in [0.25, 0.3) is 0 Å². The van der Waals surface area contributed by atoms with Gasteiger partial charge in [0.2, 0.25) is 5.91 Å². The molecule has 1 unspecified atom stereocenters. The van der Waals surface area contributed by atoms with Crippen molar-refractivity contribution < 1.29 is 9.53 Å². The summed E-state index contributed by atoms with van der Waals surface area (Å²) in [4.78, 5) is 18.9. The van der Waals surface area contributed by atoms with Crippen LogP contribution in [0.4, 0.5) is 17.1 Å². The van der Waals surface area contributed by atoms with Gasteiger partial charge in [-0.15, -0.1) is 0 Å². The van der Waals surface area contributed by atoms with Crippen molar-refractivity contribution in [2.24, 2.45) is 0 Å². The molecule has 3 aliphatic heterocycles. The number of aromatic nitrogens is 2. The maximum atomic E-state index is 12.3. The van der Waals surface area contributed by atoms with Gasteiger partial charge in [-0.25, -0.2) is 0 Å². The Kier molecular flexibility index (Phi) is 5.80. The Hall–Kier alpha value is -2.62. The van der Waals surface area contributed by atoms with E-state index in [1.807, 2.05) is 25.4 Å². The van der Waals surface area contributed by atoms with Crippen LogP contribution in [0.2, 0.25) is 5.02 Å². The van der Waals surface area contributed by atoms with E-state index in [-0.39, 0.29) is 17.5 Å². The molecule has 1 aromatic heterocycles. The molecule has 9 nitrogen and oxygen atoms in total. The van der Waals surface area contributed by atoms with Crippen molar-refractivity contribution in [2.75, 3.05) is 63.2 Å². The molecular weight excluding hydrogens is 442 g/mol. The van der Waals surface area contributed by atoms with Crippen LogP contribution in [0.5, 0.6) is 0 Å². The number of likely N-dealkylation sites (N-methyl/N-ethyl adjacent to an activating group) is 1. The Morgan fingerprint density at radius 2 is 2.00 bits per heavy atom. The molecule has 1 aromatic carbocycles. The lowest BCUT2D eigenvalue weighted by Gasteiger charge is -2.50. The third-order valence-electron chi connectivity index (χ3n) is 7.08. The van der Waals surface area contributed by atoms with Gasteiger partial charge in [0, 0.05) is 63.4 Å². The molecule has 4 heterocycles. The van der Waals surface area contributed by atoms with E-state index in [0.717, 1.165) is 69.4 Å². The van der Waals surface area contributed by atoms with Gasteiger partial charge >= 0.3 is 0 Å². The third-order valence-corrected chi connectivity index (χ3v) is 7.39. The molecule has 10 heteroatoms. The first-order valence-corrected chi connectivity index (χ1v) is 11.7. The van der Waals surface area contributed by atoms with E-state index < -0.39 is 0 Å². The van der Waals surface area contributed by atoms with Gasteiger partial charge in [-0.05, 0) is 25.5 Å². The van der Waals surface area contributed by atoms with Gasteiger partial charge in [-0.1, -0.05) is 11.6 Å². The van der Waals surface area contributed by atoms with Gasteiger partial charge < -0.3 is 25.3 Å². The van der Waals surface area contributed by atoms with Crippen LogP contribution in [-0.2, 0) is 9.53 Å². The number of likely N-dealkylation sites (tertiary alicyclic amines) is 1. The number of benzene rings is 1. The fourth-order valence-electron chi connectivity index (χ4n) is 4.89. The topological polar surface area (TPSA) is 89.7 Å². The minimum Gasteiger partial charge on any atom is -0.377 e. The van der Waals surface area contributed by atoms with E-state index in [1.54, 1.807) is 15.8 Å². The Morgan fingerprint density at radius 3 is 2.61 bits per heavy atom. The lowest BCUT2D eigenvalue weighted by molar-refractivity contribution is -0.131. The smallest absolute Gasteiger partial charge is 0.247 e. The van der Waals surface area contributed by atoms with Crippen LogP contribution in [0.1, 0.15) is 24.9 Å². The van der Waals surface area contributed by atoms with Crippen LogP contribution in [0, 0.1) is 5.41 Å². The van der Waals surface area contributed by atoms with E-state index in [9.17, 15) is 4.79 Å². The lowest BCUT2D eigenvalue weighted by atomic mass is 9.97. The molecule has 5 rings (SSSR count). The first-order chi connectivity index (χ1) is 15.9. The molecule has 3 fully saturated rings. The summed E-state index contributed by atoms with van der Waals surface area (Å²) < 4.78 is 7.15. The normalized spacial score (nSPS) is 23.0. The molecule has 3 aliphatic rings. The third kappa shape index (κ3) is 4.09. The fraction of sp³-hybridized carbons (Fsp3) is 0.522. The largest absolute Gasteiger partial charge is 0.377 e. The number of ether oxygens (including phenoxy) is 1. The second kappa shape index (κ2) is 8.62. The van der Waals surface area contributed by atoms with Crippen molar-refractivity contribution in [1.29, 1.82) is 5.41 Å². The summed E-state index contributed by atoms with van der Waals surface area (Å²) in [6, 6.07) is 3.59. The zero-order valence-corrected chi connectivity index (χ0v) is 19.8. The number of carbonyl (C=O) groups excluding carboxylic acids is 1. The average Bonchev–Trinajstić information content (AvgIpc) is 3.39. The van der Waals surface area contributed by atoms with Gasteiger partial charge in [-0.2, -0.15) is 5.10 Å². The molecule has 0 aliphatic carbocycles. The summed E-state index contributed by atoms with van der Waals surface area (Å²) in [5.74, 6) is 0.0834. The predicted molar refractivity (Wildman–Crippen MR) is 129 cm³/mol. The number of hydrogen-bond donors (Lipinski definition) is 2. The number of halogens is 1. The summed E-state index contributed by atoms with van der Waals surface area (Å²) in [5.41, 5.74) is 3.38. The molecular formula is C23H30ClN7O2. The van der Waals surface area contributed by atoms with E-state index in [4.69, 9.17) is 21.7 Å². The highest BCUT2D eigenvalue weighted by Gasteiger charge is 2.40. The van der Waals surface area contributed by atoms with Crippen LogP contribution in [0.15, 0.2) is 24.5 Å². The van der Waals surface area contributed by atoms with Crippen molar-refractivity contribution in [3.05, 3.63) is 35.1 Å². The number of anilines is 3.